The van der Waals surface area contributed by atoms with Gasteiger partial charge in [-0.15, -0.1) is 0 Å². The van der Waals surface area contributed by atoms with E-state index >= 15 is 0 Å². The normalized spacial score (nSPS) is 10.8. The van der Waals surface area contributed by atoms with Gasteiger partial charge in [-0.2, -0.15) is 5.10 Å². The van der Waals surface area contributed by atoms with Crippen LogP contribution in [0, 0.1) is 0 Å². The summed E-state index contributed by atoms with van der Waals surface area (Å²) in [5.41, 5.74) is 3.79. The molecule has 0 radical (unpaired) electrons. The van der Waals surface area contributed by atoms with E-state index in [2.05, 4.69) is 15.5 Å². The Bertz CT molecular complexity index is 624. The number of amides is 1. The Morgan fingerprint density at radius 3 is 2.67 bits per heavy atom. The van der Waals surface area contributed by atoms with Crippen LogP contribution in [0.1, 0.15) is 29.8 Å². The second kappa shape index (κ2) is 7.19. The number of benzene rings is 1. The number of hydrazone groups is 1. The van der Waals surface area contributed by atoms with Gasteiger partial charge in [0.25, 0.3) is 5.91 Å². The largest absolute Gasteiger partial charge is 0.490 e. The van der Waals surface area contributed by atoms with Gasteiger partial charge >= 0.3 is 0 Å². The molecule has 21 heavy (non-hydrogen) atoms. The van der Waals surface area contributed by atoms with Gasteiger partial charge in [0, 0.05) is 23.5 Å². The van der Waals surface area contributed by atoms with Crippen molar-refractivity contribution < 1.29 is 9.53 Å². The number of aromatic nitrogens is 1. The predicted octanol–water partition coefficient (Wildman–Crippen LogP) is 2.63. The fourth-order valence-electron chi connectivity index (χ4n) is 1.68. The van der Waals surface area contributed by atoms with E-state index < -0.39 is 0 Å². The number of carbonyl (C=O) groups excluding carboxylic acids is 1. The number of para-hydroxylation sites is 1. The van der Waals surface area contributed by atoms with Gasteiger partial charge in [0.05, 0.1) is 12.3 Å². The molecule has 0 spiro atoms. The van der Waals surface area contributed by atoms with E-state index in [9.17, 15) is 4.79 Å². The lowest BCUT2D eigenvalue weighted by atomic mass is 10.2. The van der Waals surface area contributed by atoms with E-state index in [1.54, 1.807) is 30.7 Å². The fraction of sp³-hybridized carbons (Fsp3) is 0.188. The highest BCUT2D eigenvalue weighted by molar-refractivity contribution is 5.94. The van der Waals surface area contributed by atoms with Crippen LogP contribution in [0.5, 0.6) is 5.75 Å². The molecule has 0 saturated carbocycles. The van der Waals surface area contributed by atoms with E-state index in [0.717, 1.165) is 11.3 Å². The van der Waals surface area contributed by atoms with Crippen molar-refractivity contribution in [3.05, 3.63) is 59.9 Å². The van der Waals surface area contributed by atoms with Gasteiger partial charge in [-0.05, 0) is 38.1 Å². The van der Waals surface area contributed by atoms with Crippen LogP contribution in [0.2, 0.25) is 0 Å². The van der Waals surface area contributed by atoms with Crippen molar-refractivity contribution in [1.29, 1.82) is 0 Å². The topological polar surface area (TPSA) is 63.6 Å². The number of pyridine rings is 1. The molecule has 1 amide bonds. The SMILES string of the molecule is CC(C)Oc1ccccc1/C=N/NC(=O)c1ccncc1. The Hall–Kier alpha value is -2.69. The van der Waals surface area contributed by atoms with Gasteiger partial charge < -0.3 is 4.74 Å². The van der Waals surface area contributed by atoms with Crippen LogP contribution >= 0.6 is 0 Å². The minimum Gasteiger partial charge on any atom is -0.490 e. The van der Waals surface area contributed by atoms with Crippen LogP contribution < -0.4 is 10.2 Å². The van der Waals surface area contributed by atoms with Crippen molar-refractivity contribution >= 4 is 12.1 Å². The van der Waals surface area contributed by atoms with Crippen LogP contribution in [-0.4, -0.2) is 23.2 Å². The molecule has 0 aliphatic heterocycles. The van der Waals surface area contributed by atoms with Crippen molar-refractivity contribution in [2.45, 2.75) is 20.0 Å². The number of ether oxygens (including phenoxy) is 1. The van der Waals surface area contributed by atoms with Gasteiger partial charge in [0.2, 0.25) is 0 Å². The molecule has 1 aromatic carbocycles. The highest BCUT2D eigenvalue weighted by atomic mass is 16.5. The van der Waals surface area contributed by atoms with E-state index in [4.69, 9.17) is 4.74 Å². The van der Waals surface area contributed by atoms with Gasteiger partial charge in [0.15, 0.2) is 0 Å². The summed E-state index contributed by atoms with van der Waals surface area (Å²) < 4.78 is 5.68. The summed E-state index contributed by atoms with van der Waals surface area (Å²) in [6.07, 6.45) is 4.76. The second-order valence-electron chi connectivity index (χ2n) is 4.64. The fourth-order valence-corrected chi connectivity index (χ4v) is 1.68. The summed E-state index contributed by atoms with van der Waals surface area (Å²) in [4.78, 5) is 15.7. The van der Waals surface area contributed by atoms with Gasteiger partial charge in [-0.1, -0.05) is 12.1 Å². The van der Waals surface area contributed by atoms with Gasteiger partial charge in [0.1, 0.15) is 5.75 Å². The minimum atomic E-state index is -0.282. The summed E-state index contributed by atoms with van der Waals surface area (Å²) in [5, 5.41) is 3.96. The third-order valence-corrected chi connectivity index (χ3v) is 2.59. The molecule has 0 unspecified atom stereocenters. The average Bonchev–Trinajstić information content (AvgIpc) is 2.49. The van der Waals surface area contributed by atoms with Crippen LogP contribution in [0.3, 0.4) is 0 Å². The van der Waals surface area contributed by atoms with E-state index in [1.165, 1.54) is 0 Å². The lowest BCUT2D eigenvalue weighted by Gasteiger charge is -2.11. The van der Waals surface area contributed by atoms with Crippen molar-refractivity contribution in [3.8, 4) is 5.75 Å². The predicted molar refractivity (Wildman–Crippen MR) is 81.5 cm³/mol. The molecule has 0 saturated heterocycles. The molecular formula is C16H17N3O2. The molecule has 0 fully saturated rings. The van der Waals surface area contributed by atoms with Crippen LogP contribution in [0.25, 0.3) is 0 Å². The zero-order valence-corrected chi connectivity index (χ0v) is 12.0. The monoisotopic (exact) mass is 283 g/mol. The molecule has 1 aromatic heterocycles. The lowest BCUT2D eigenvalue weighted by Crippen LogP contribution is -2.17. The molecule has 108 valence electrons. The first-order valence-corrected chi connectivity index (χ1v) is 6.66. The Balaban J connectivity index is 2.03. The standard InChI is InChI=1S/C16H17N3O2/c1-12(2)21-15-6-4-3-5-14(15)11-18-19-16(20)13-7-9-17-10-8-13/h3-12H,1-2H3,(H,19,20)/b18-11+. The molecule has 2 aromatic rings. The first kappa shape index (κ1) is 14.7. The van der Waals surface area contributed by atoms with Gasteiger partial charge in [-0.25, -0.2) is 5.43 Å². The highest BCUT2D eigenvalue weighted by Crippen LogP contribution is 2.17. The molecule has 0 aliphatic rings. The summed E-state index contributed by atoms with van der Waals surface area (Å²) >= 11 is 0. The average molecular weight is 283 g/mol. The van der Waals surface area contributed by atoms with Crippen molar-refractivity contribution in [1.82, 2.24) is 10.4 Å². The number of rotatable bonds is 5. The summed E-state index contributed by atoms with van der Waals surface area (Å²) in [6.45, 7) is 3.91. The number of hydrogen-bond acceptors (Lipinski definition) is 4. The van der Waals surface area contributed by atoms with E-state index in [1.807, 2.05) is 38.1 Å². The third kappa shape index (κ3) is 4.42. The number of nitrogens with one attached hydrogen (secondary N) is 1. The van der Waals surface area contributed by atoms with Crippen molar-refractivity contribution in [2.24, 2.45) is 5.10 Å². The Morgan fingerprint density at radius 2 is 1.95 bits per heavy atom. The van der Waals surface area contributed by atoms with Crippen molar-refractivity contribution in [2.75, 3.05) is 0 Å². The smallest absolute Gasteiger partial charge is 0.271 e. The second-order valence-corrected chi connectivity index (χ2v) is 4.64. The quantitative estimate of drug-likeness (QED) is 0.677. The summed E-state index contributed by atoms with van der Waals surface area (Å²) in [7, 11) is 0. The molecular weight excluding hydrogens is 266 g/mol. The van der Waals surface area contributed by atoms with Crippen LogP contribution in [-0.2, 0) is 0 Å². The number of nitrogens with zero attached hydrogens (tertiary/aromatic N) is 2. The first-order valence-electron chi connectivity index (χ1n) is 6.66. The molecule has 5 heteroatoms. The first-order chi connectivity index (χ1) is 10.2. The zero-order chi connectivity index (χ0) is 15.1. The van der Waals surface area contributed by atoms with E-state index in [0.29, 0.717) is 5.56 Å². The maximum atomic E-state index is 11.8. The summed E-state index contributed by atoms with van der Waals surface area (Å²) in [5.74, 6) is 0.449. The van der Waals surface area contributed by atoms with Crippen LogP contribution in [0.4, 0.5) is 0 Å². The highest BCUT2D eigenvalue weighted by Gasteiger charge is 2.04. The minimum absolute atomic E-state index is 0.0750. The maximum Gasteiger partial charge on any atom is 0.271 e. The molecule has 0 atom stereocenters. The maximum absolute atomic E-state index is 11.8. The lowest BCUT2D eigenvalue weighted by molar-refractivity contribution is 0.0955. The van der Waals surface area contributed by atoms with E-state index in [-0.39, 0.29) is 12.0 Å². The summed E-state index contributed by atoms with van der Waals surface area (Å²) in [6, 6.07) is 10.8. The molecule has 0 bridgehead atoms. The molecule has 0 aliphatic carbocycles. The Morgan fingerprint density at radius 1 is 1.24 bits per heavy atom. The molecule has 1 heterocycles. The number of hydrogen-bond donors (Lipinski definition) is 1. The Kier molecular flexibility index (Phi) is 5.04. The number of carbonyl (C=O) groups is 1. The third-order valence-electron chi connectivity index (χ3n) is 2.59. The van der Waals surface area contributed by atoms with Crippen LogP contribution in [0.15, 0.2) is 53.9 Å². The van der Waals surface area contributed by atoms with Gasteiger partial charge in [-0.3, -0.25) is 9.78 Å². The molecule has 5 nitrogen and oxygen atoms in total. The molecule has 1 N–H and O–H groups in total. The van der Waals surface area contributed by atoms with Crippen molar-refractivity contribution in [3.63, 3.8) is 0 Å². The molecule has 2 rings (SSSR count). The zero-order valence-electron chi connectivity index (χ0n) is 12.0. The Labute approximate surface area is 123 Å².